The van der Waals surface area contributed by atoms with Crippen LogP contribution in [0.3, 0.4) is 0 Å². The average Bonchev–Trinajstić information content (AvgIpc) is 2.36. The highest BCUT2D eigenvalue weighted by Gasteiger charge is 2.09. The van der Waals surface area contributed by atoms with Gasteiger partial charge in [0.2, 0.25) is 5.91 Å². The highest BCUT2D eigenvalue weighted by molar-refractivity contribution is 6.30. The molecule has 1 unspecified atom stereocenters. The normalized spacial score (nSPS) is 11.9. The van der Waals surface area contributed by atoms with Gasteiger partial charge >= 0.3 is 0 Å². The molecule has 4 nitrogen and oxygen atoms in total. The van der Waals surface area contributed by atoms with E-state index in [1.165, 1.54) is 0 Å². The molecule has 0 saturated heterocycles. The fourth-order valence-electron chi connectivity index (χ4n) is 1.53. The largest absolute Gasteiger partial charge is 0.356 e. The van der Waals surface area contributed by atoms with E-state index in [0.717, 1.165) is 6.42 Å². The zero-order valence-corrected chi connectivity index (χ0v) is 11.7. The molecule has 0 fully saturated rings. The molecule has 0 saturated carbocycles. The number of hydrogen-bond donors (Lipinski definition) is 2. The van der Waals surface area contributed by atoms with Crippen molar-refractivity contribution < 1.29 is 9.59 Å². The molecule has 1 amide bonds. The summed E-state index contributed by atoms with van der Waals surface area (Å²) in [5.74, 6) is -0.179. The second-order valence-corrected chi connectivity index (χ2v) is 4.98. The van der Waals surface area contributed by atoms with Crippen LogP contribution in [0.2, 0.25) is 5.02 Å². The van der Waals surface area contributed by atoms with Crippen LogP contribution in [0.4, 0.5) is 0 Å². The minimum Gasteiger partial charge on any atom is -0.356 e. The maximum atomic E-state index is 11.8. The van der Waals surface area contributed by atoms with E-state index in [0.29, 0.717) is 17.1 Å². The van der Waals surface area contributed by atoms with Crippen LogP contribution in [0.25, 0.3) is 0 Å². The Hall–Kier alpha value is -1.39. The van der Waals surface area contributed by atoms with Crippen molar-refractivity contribution in [1.82, 2.24) is 5.32 Å². The number of rotatable bonds is 7. The van der Waals surface area contributed by atoms with Crippen LogP contribution in [-0.2, 0) is 4.79 Å². The van der Waals surface area contributed by atoms with Gasteiger partial charge in [0.25, 0.3) is 0 Å². The van der Waals surface area contributed by atoms with Gasteiger partial charge in [-0.2, -0.15) is 0 Å². The number of nitrogens with two attached hydrogens (primary N) is 1. The first-order valence-corrected chi connectivity index (χ1v) is 6.68. The summed E-state index contributed by atoms with van der Waals surface area (Å²) >= 11 is 5.74. The van der Waals surface area contributed by atoms with Crippen LogP contribution >= 0.6 is 11.6 Å². The summed E-state index contributed by atoms with van der Waals surface area (Å²) < 4.78 is 0. The number of Topliss-reactive ketones (excluding diaryl/α,β-unsaturated/α-hetero) is 1. The quantitative estimate of drug-likeness (QED) is 0.753. The lowest BCUT2D eigenvalue weighted by Crippen LogP contribution is -2.29. The first-order chi connectivity index (χ1) is 8.99. The SMILES string of the molecule is CC(N)CCNC(=O)CCC(=O)c1ccc(Cl)cc1. The molecule has 0 spiro atoms. The van der Waals surface area contributed by atoms with Crippen LogP contribution < -0.4 is 11.1 Å². The molecule has 0 radical (unpaired) electrons. The molecule has 0 aromatic heterocycles. The third-order valence-electron chi connectivity index (χ3n) is 2.67. The van der Waals surface area contributed by atoms with Gasteiger partial charge in [0, 0.05) is 36.0 Å². The Balaban J connectivity index is 2.30. The maximum Gasteiger partial charge on any atom is 0.220 e. The zero-order chi connectivity index (χ0) is 14.3. The van der Waals surface area contributed by atoms with E-state index < -0.39 is 0 Å². The van der Waals surface area contributed by atoms with Crippen LogP contribution in [0.5, 0.6) is 0 Å². The first-order valence-electron chi connectivity index (χ1n) is 6.30. The predicted octanol–water partition coefficient (Wildman–Crippen LogP) is 2.16. The standard InChI is InChI=1S/C14H19ClN2O2/c1-10(16)8-9-17-14(19)7-6-13(18)11-2-4-12(15)5-3-11/h2-5,10H,6-9,16H2,1H3,(H,17,19). The number of carbonyl (C=O) groups is 2. The lowest BCUT2D eigenvalue weighted by atomic mass is 10.1. The number of nitrogens with one attached hydrogen (secondary N) is 1. The molecule has 1 atom stereocenters. The van der Waals surface area contributed by atoms with E-state index >= 15 is 0 Å². The fraction of sp³-hybridized carbons (Fsp3) is 0.429. The molecular weight excluding hydrogens is 264 g/mol. The average molecular weight is 283 g/mol. The summed E-state index contributed by atoms with van der Waals surface area (Å²) in [5, 5.41) is 3.33. The third kappa shape index (κ3) is 6.36. The van der Waals surface area contributed by atoms with Gasteiger partial charge in [-0.25, -0.2) is 0 Å². The molecule has 0 aliphatic carbocycles. The lowest BCUT2D eigenvalue weighted by molar-refractivity contribution is -0.121. The highest BCUT2D eigenvalue weighted by atomic mass is 35.5. The Morgan fingerprint density at radius 1 is 1.26 bits per heavy atom. The fourth-order valence-corrected chi connectivity index (χ4v) is 1.66. The van der Waals surface area contributed by atoms with Crippen molar-refractivity contribution in [2.45, 2.75) is 32.2 Å². The zero-order valence-electron chi connectivity index (χ0n) is 11.0. The molecule has 1 aromatic carbocycles. The Bertz CT molecular complexity index is 430. The van der Waals surface area contributed by atoms with Gasteiger partial charge in [0.05, 0.1) is 0 Å². The van der Waals surface area contributed by atoms with Gasteiger partial charge in [-0.3, -0.25) is 9.59 Å². The van der Waals surface area contributed by atoms with Crippen molar-refractivity contribution in [2.75, 3.05) is 6.54 Å². The molecule has 104 valence electrons. The lowest BCUT2D eigenvalue weighted by Gasteiger charge is -2.07. The van der Waals surface area contributed by atoms with Crippen LogP contribution in [0.1, 0.15) is 36.5 Å². The molecule has 5 heteroatoms. The molecule has 1 rings (SSSR count). The van der Waals surface area contributed by atoms with Crippen LogP contribution in [0.15, 0.2) is 24.3 Å². The van der Waals surface area contributed by atoms with Crippen molar-refractivity contribution in [2.24, 2.45) is 5.73 Å². The van der Waals surface area contributed by atoms with Crippen LogP contribution in [-0.4, -0.2) is 24.3 Å². The summed E-state index contributed by atoms with van der Waals surface area (Å²) in [6.45, 7) is 2.43. The van der Waals surface area contributed by atoms with Gasteiger partial charge in [-0.1, -0.05) is 11.6 Å². The van der Waals surface area contributed by atoms with Crippen molar-refractivity contribution in [3.63, 3.8) is 0 Å². The highest BCUT2D eigenvalue weighted by Crippen LogP contribution is 2.11. The molecule has 0 bridgehead atoms. The number of carbonyl (C=O) groups excluding carboxylic acids is 2. The molecule has 19 heavy (non-hydrogen) atoms. The van der Waals surface area contributed by atoms with Crippen molar-refractivity contribution in [3.8, 4) is 0 Å². The molecular formula is C14H19ClN2O2. The first kappa shape index (κ1) is 15.7. The minimum atomic E-state index is -0.122. The summed E-state index contributed by atoms with van der Waals surface area (Å²) in [4.78, 5) is 23.3. The summed E-state index contributed by atoms with van der Waals surface area (Å²) in [6.07, 6.45) is 1.13. The minimum absolute atomic E-state index is 0.0565. The Morgan fingerprint density at radius 3 is 2.47 bits per heavy atom. The smallest absolute Gasteiger partial charge is 0.220 e. The predicted molar refractivity (Wildman–Crippen MR) is 76.3 cm³/mol. The Morgan fingerprint density at radius 2 is 1.89 bits per heavy atom. The number of benzene rings is 1. The number of hydrogen-bond acceptors (Lipinski definition) is 3. The molecule has 1 aromatic rings. The van der Waals surface area contributed by atoms with Crippen molar-refractivity contribution in [3.05, 3.63) is 34.9 Å². The second kappa shape index (κ2) is 7.92. The Kier molecular flexibility index (Phi) is 6.53. The van der Waals surface area contributed by atoms with E-state index in [9.17, 15) is 9.59 Å². The molecule has 3 N–H and O–H groups in total. The van der Waals surface area contributed by atoms with Crippen molar-refractivity contribution in [1.29, 1.82) is 0 Å². The van der Waals surface area contributed by atoms with E-state index in [1.54, 1.807) is 24.3 Å². The van der Waals surface area contributed by atoms with Gasteiger partial charge in [0.1, 0.15) is 0 Å². The second-order valence-electron chi connectivity index (χ2n) is 4.55. The number of halogens is 1. The maximum absolute atomic E-state index is 11.8. The molecule has 0 aliphatic rings. The third-order valence-corrected chi connectivity index (χ3v) is 2.92. The van der Waals surface area contributed by atoms with Gasteiger partial charge < -0.3 is 11.1 Å². The van der Waals surface area contributed by atoms with E-state index in [-0.39, 0.29) is 30.6 Å². The van der Waals surface area contributed by atoms with E-state index in [1.807, 2.05) is 6.92 Å². The van der Waals surface area contributed by atoms with Gasteiger partial charge in [-0.15, -0.1) is 0 Å². The molecule has 0 aliphatic heterocycles. The summed E-state index contributed by atoms with van der Waals surface area (Å²) in [5.41, 5.74) is 6.15. The topological polar surface area (TPSA) is 72.2 Å². The van der Waals surface area contributed by atoms with Gasteiger partial charge in [0.15, 0.2) is 5.78 Å². The number of amides is 1. The molecule has 0 heterocycles. The van der Waals surface area contributed by atoms with Crippen molar-refractivity contribution >= 4 is 23.3 Å². The summed E-state index contributed by atoms with van der Waals surface area (Å²) in [7, 11) is 0. The van der Waals surface area contributed by atoms with E-state index in [2.05, 4.69) is 5.32 Å². The Labute approximate surface area is 118 Å². The monoisotopic (exact) mass is 282 g/mol. The summed E-state index contributed by atoms with van der Waals surface area (Å²) in [6, 6.07) is 6.72. The van der Waals surface area contributed by atoms with Gasteiger partial charge in [-0.05, 0) is 37.6 Å². The van der Waals surface area contributed by atoms with Crippen LogP contribution in [0, 0.1) is 0 Å². The van der Waals surface area contributed by atoms with E-state index in [4.69, 9.17) is 17.3 Å². The number of ketones is 1.